The minimum absolute atomic E-state index is 0.293. The van der Waals surface area contributed by atoms with Crippen LogP contribution in [0.25, 0.3) is 0 Å². The van der Waals surface area contributed by atoms with E-state index in [1.54, 1.807) is 0 Å². The van der Waals surface area contributed by atoms with E-state index in [0.717, 1.165) is 31.2 Å². The Kier molecular flexibility index (Phi) is 5.26. The number of nitrogens with zero attached hydrogens (tertiary/aromatic N) is 1. The second kappa shape index (κ2) is 6.78. The Hall–Kier alpha value is -1.09. The molecule has 0 aliphatic heterocycles. The van der Waals surface area contributed by atoms with Crippen LogP contribution in [0.1, 0.15) is 65.5 Å². The molecule has 118 valence electrons. The zero-order chi connectivity index (χ0) is 15.5. The van der Waals surface area contributed by atoms with Gasteiger partial charge in [-0.15, -0.1) is 0 Å². The molecule has 0 aromatic carbocycles. The van der Waals surface area contributed by atoms with Crippen molar-refractivity contribution >= 4 is 0 Å². The van der Waals surface area contributed by atoms with Gasteiger partial charge >= 0.3 is 0 Å². The third kappa shape index (κ3) is 4.70. The molecule has 1 aromatic rings. The summed E-state index contributed by atoms with van der Waals surface area (Å²) in [6, 6.07) is 4.48. The molecule has 3 nitrogen and oxygen atoms in total. The van der Waals surface area contributed by atoms with Crippen molar-refractivity contribution in [1.29, 1.82) is 0 Å². The molecule has 1 aliphatic carbocycles. The highest BCUT2D eigenvalue weighted by molar-refractivity contribution is 5.23. The van der Waals surface area contributed by atoms with Gasteiger partial charge in [0.15, 0.2) is 0 Å². The minimum atomic E-state index is 0.293. The molecule has 21 heavy (non-hydrogen) atoms. The number of hydrogen-bond acceptors (Lipinski definition) is 3. The molecule has 1 N–H and O–H groups in total. The van der Waals surface area contributed by atoms with Gasteiger partial charge in [-0.1, -0.05) is 27.7 Å². The van der Waals surface area contributed by atoms with Crippen molar-refractivity contribution in [2.75, 3.05) is 6.54 Å². The third-order valence-electron chi connectivity index (χ3n) is 4.40. The van der Waals surface area contributed by atoms with Gasteiger partial charge in [0.2, 0.25) is 5.88 Å². The van der Waals surface area contributed by atoms with Crippen molar-refractivity contribution in [3.8, 4) is 5.88 Å². The van der Waals surface area contributed by atoms with E-state index in [-0.39, 0.29) is 0 Å². The Morgan fingerprint density at radius 2 is 2.19 bits per heavy atom. The fourth-order valence-electron chi connectivity index (χ4n) is 3.70. The van der Waals surface area contributed by atoms with E-state index < -0.39 is 0 Å². The van der Waals surface area contributed by atoms with E-state index in [1.807, 2.05) is 6.20 Å². The van der Waals surface area contributed by atoms with E-state index in [1.165, 1.54) is 12.0 Å². The molecular formula is C18H30N2O. The van der Waals surface area contributed by atoms with Gasteiger partial charge in [-0.05, 0) is 55.7 Å². The highest BCUT2D eigenvalue weighted by atomic mass is 16.5. The number of pyridine rings is 1. The summed E-state index contributed by atoms with van der Waals surface area (Å²) in [7, 11) is 0. The summed E-state index contributed by atoms with van der Waals surface area (Å²) in [5, 5.41) is 3.43. The summed E-state index contributed by atoms with van der Waals surface area (Å²) in [6.45, 7) is 12.3. The molecule has 1 saturated carbocycles. The maximum absolute atomic E-state index is 6.19. The molecule has 2 rings (SSSR count). The Morgan fingerprint density at radius 1 is 1.43 bits per heavy atom. The van der Waals surface area contributed by atoms with Crippen LogP contribution >= 0.6 is 0 Å². The number of nitrogens with one attached hydrogen (secondary N) is 1. The predicted octanol–water partition coefficient (Wildman–Crippen LogP) is 4.35. The molecule has 0 radical (unpaired) electrons. The lowest BCUT2D eigenvalue weighted by molar-refractivity contribution is 0.0532. The van der Waals surface area contributed by atoms with Crippen LogP contribution < -0.4 is 10.1 Å². The maximum atomic E-state index is 6.19. The summed E-state index contributed by atoms with van der Waals surface area (Å²) in [4.78, 5) is 4.40. The van der Waals surface area contributed by atoms with Crippen LogP contribution in [-0.4, -0.2) is 17.6 Å². The highest BCUT2D eigenvalue weighted by Gasteiger charge is 2.33. The summed E-state index contributed by atoms with van der Waals surface area (Å²) in [6.07, 6.45) is 5.69. The molecular weight excluding hydrogens is 260 g/mol. The Morgan fingerprint density at radius 3 is 2.86 bits per heavy atom. The molecule has 1 aliphatic rings. The molecule has 0 saturated heterocycles. The van der Waals surface area contributed by atoms with Crippen molar-refractivity contribution in [2.24, 2.45) is 11.3 Å². The topological polar surface area (TPSA) is 34.2 Å². The molecule has 3 heteroatoms. The van der Waals surface area contributed by atoms with Gasteiger partial charge in [0.25, 0.3) is 0 Å². The average Bonchev–Trinajstić information content (AvgIpc) is 2.36. The normalized spacial score (nSPS) is 26.3. The zero-order valence-electron chi connectivity index (χ0n) is 14.1. The first kappa shape index (κ1) is 16.3. The van der Waals surface area contributed by atoms with Crippen molar-refractivity contribution in [2.45, 2.75) is 66.0 Å². The van der Waals surface area contributed by atoms with Crippen LogP contribution in [-0.2, 0) is 0 Å². The van der Waals surface area contributed by atoms with E-state index in [4.69, 9.17) is 4.74 Å². The highest BCUT2D eigenvalue weighted by Crippen LogP contribution is 2.39. The van der Waals surface area contributed by atoms with E-state index in [9.17, 15) is 0 Å². The standard InChI is InChI=1S/C18H30N2O/c1-6-19-14(3)15-7-8-20-17(10-15)21-16-9-13(2)11-18(4,5)12-16/h7-8,10,13-14,16,19H,6,9,11-12H2,1-5H3. The van der Waals surface area contributed by atoms with Gasteiger partial charge < -0.3 is 10.1 Å². The van der Waals surface area contributed by atoms with Crippen LogP contribution in [0.15, 0.2) is 18.3 Å². The Labute approximate surface area is 129 Å². The Bertz CT molecular complexity index is 458. The van der Waals surface area contributed by atoms with Crippen LogP contribution in [0.3, 0.4) is 0 Å². The SMILES string of the molecule is CCNC(C)c1ccnc(OC2CC(C)CC(C)(C)C2)c1. The summed E-state index contributed by atoms with van der Waals surface area (Å²) in [5.74, 6) is 1.50. The fourth-order valence-corrected chi connectivity index (χ4v) is 3.70. The average molecular weight is 290 g/mol. The summed E-state index contributed by atoms with van der Waals surface area (Å²) >= 11 is 0. The van der Waals surface area contributed by atoms with Gasteiger partial charge in [-0.2, -0.15) is 0 Å². The smallest absolute Gasteiger partial charge is 0.213 e. The number of hydrogen-bond donors (Lipinski definition) is 1. The quantitative estimate of drug-likeness (QED) is 0.875. The maximum Gasteiger partial charge on any atom is 0.213 e. The number of ether oxygens (including phenoxy) is 1. The third-order valence-corrected chi connectivity index (χ3v) is 4.40. The molecule has 1 fully saturated rings. The van der Waals surface area contributed by atoms with Gasteiger partial charge in [-0.25, -0.2) is 4.98 Å². The molecule has 1 aromatic heterocycles. The van der Waals surface area contributed by atoms with Gasteiger partial charge in [0.05, 0.1) is 0 Å². The van der Waals surface area contributed by atoms with Crippen LogP contribution in [0.5, 0.6) is 5.88 Å². The fraction of sp³-hybridized carbons (Fsp3) is 0.722. The Balaban J connectivity index is 2.04. The van der Waals surface area contributed by atoms with Crippen LogP contribution in [0.2, 0.25) is 0 Å². The summed E-state index contributed by atoms with van der Waals surface area (Å²) in [5.41, 5.74) is 1.61. The lowest BCUT2D eigenvalue weighted by atomic mass is 9.71. The van der Waals surface area contributed by atoms with Gasteiger partial charge in [-0.3, -0.25) is 0 Å². The van der Waals surface area contributed by atoms with Gasteiger partial charge in [0, 0.05) is 18.3 Å². The second-order valence-electron chi connectivity index (χ2n) is 7.36. The molecule has 3 atom stereocenters. The summed E-state index contributed by atoms with van der Waals surface area (Å²) < 4.78 is 6.19. The minimum Gasteiger partial charge on any atom is -0.474 e. The number of rotatable bonds is 5. The van der Waals surface area contributed by atoms with Crippen molar-refractivity contribution in [3.63, 3.8) is 0 Å². The van der Waals surface area contributed by atoms with Crippen molar-refractivity contribution < 1.29 is 4.74 Å². The lowest BCUT2D eigenvalue weighted by Crippen LogP contribution is -2.34. The first-order valence-electron chi connectivity index (χ1n) is 8.25. The van der Waals surface area contributed by atoms with Gasteiger partial charge in [0.1, 0.15) is 6.10 Å². The van der Waals surface area contributed by atoms with Crippen molar-refractivity contribution in [1.82, 2.24) is 10.3 Å². The van der Waals surface area contributed by atoms with Crippen LogP contribution in [0.4, 0.5) is 0 Å². The predicted molar refractivity (Wildman–Crippen MR) is 87.5 cm³/mol. The largest absolute Gasteiger partial charge is 0.474 e. The molecule has 0 amide bonds. The zero-order valence-corrected chi connectivity index (χ0v) is 14.1. The monoisotopic (exact) mass is 290 g/mol. The van der Waals surface area contributed by atoms with E-state index in [0.29, 0.717) is 17.6 Å². The molecule has 0 bridgehead atoms. The second-order valence-corrected chi connectivity index (χ2v) is 7.36. The molecule has 0 spiro atoms. The number of aromatic nitrogens is 1. The van der Waals surface area contributed by atoms with E-state index >= 15 is 0 Å². The van der Waals surface area contributed by atoms with E-state index in [2.05, 4.69) is 57.1 Å². The van der Waals surface area contributed by atoms with Crippen LogP contribution in [0, 0.1) is 11.3 Å². The molecule has 3 unspecified atom stereocenters. The van der Waals surface area contributed by atoms with Crippen molar-refractivity contribution in [3.05, 3.63) is 23.9 Å². The first-order chi connectivity index (χ1) is 9.89. The molecule has 1 heterocycles. The lowest BCUT2D eigenvalue weighted by Gasteiger charge is -2.38. The first-order valence-corrected chi connectivity index (χ1v) is 8.25.